The molecule has 0 radical (unpaired) electrons. The van der Waals surface area contributed by atoms with Crippen LogP contribution in [0.4, 0.5) is 0 Å². The van der Waals surface area contributed by atoms with Crippen molar-refractivity contribution in [3.63, 3.8) is 0 Å². The zero-order valence-corrected chi connectivity index (χ0v) is 13.9. The van der Waals surface area contributed by atoms with Gasteiger partial charge in [0, 0.05) is 22.2 Å². The van der Waals surface area contributed by atoms with Crippen LogP contribution in [0.5, 0.6) is 0 Å². The lowest BCUT2D eigenvalue weighted by Gasteiger charge is -2.26. The van der Waals surface area contributed by atoms with E-state index in [9.17, 15) is 0 Å². The van der Waals surface area contributed by atoms with Crippen LogP contribution in [0.15, 0.2) is 47.1 Å². The van der Waals surface area contributed by atoms with Crippen molar-refractivity contribution in [2.75, 3.05) is 0 Å². The topological polar surface area (TPSA) is 38.9 Å². The normalized spacial score (nSPS) is 13.2. The van der Waals surface area contributed by atoms with E-state index >= 15 is 0 Å². The molecule has 0 amide bonds. The molecule has 0 fully saturated rings. The number of aromatic nitrogens is 1. The van der Waals surface area contributed by atoms with Gasteiger partial charge < -0.3 is 5.73 Å². The molecule has 106 valence electrons. The third-order valence-corrected chi connectivity index (χ3v) is 3.79. The van der Waals surface area contributed by atoms with Crippen molar-refractivity contribution in [2.45, 2.75) is 31.7 Å². The summed E-state index contributed by atoms with van der Waals surface area (Å²) in [7, 11) is 0. The highest BCUT2D eigenvalue weighted by atomic mass is 79.9. The van der Waals surface area contributed by atoms with Gasteiger partial charge >= 0.3 is 0 Å². The summed E-state index contributed by atoms with van der Waals surface area (Å²) in [5.74, 6) is 0.157. The molecule has 1 aromatic heterocycles. The van der Waals surface area contributed by atoms with E-state index in [1.165, 1.54) is 5.56 Å². The van der Waals surface area contributed by atoms with Crippen LogP contribution in [0.3, 0.4) is 0 Å². The van der Waals surface area contributed by atoms with Crippen molar-refractivity contribution >= 4 is 27.5 Å². The molecule has 2 aromatic rings. The van der Waals surface area contributed by atoms with Gasteiger partial charge in [0.25, 0.3) is 0 Å². The molecule has 0 aliphatic rings. The van der Waals surface area contributed by atoms with Crippen molar-refractivity contribution in [2.24, 2.45) is 5.73 Å². The lowest BCUT2D eigenvalue weighted by molar-refractivity contribution is 0.445. The Balaban J connectivity index is 2.41. The van der Waals surface area contributed by atoms with Gasteiger partial charge in [-0.1, -0.05) is 29.8 Å². The van der Waals surface area contributed by atoms with Crippen molar-refractivity contribution in [1.29, 1.82) is 0 Å². The van der Waals surface area contributed by atoms with Gasteiger partial charge in [-0.15, -0.1) is 0 Å². The Hall–Kier alpha value is -0.900. The predicted octanol–water partition coefficient (Wildman–Crippen LogP) is 4.76. The zero-order chi connectivity index (χ0) is 14.8. The Morgan fingerprint density at radius 2 is 1.85 bits per heavy atom. The minimum atomic E-state index is -0.270. The molecule has 4 heteroatoms. The summed E-state index contributed by atoms with van der Waals surface area (Å²) in [4.78, 5) is 4.58. The van der Waals surface area contributed by atoms with Crippen molar-refractivity contribution in [3.8, 4) is 0 Å². The maximum Gasteiger partial charge on any atom is 0.106 e. The molecule has 1 heterocycles. The quantitative estimate of drug-likeness (QED) is 0.805. The Morgan fingerprint density at radius 1 is 1.20 bits per heavy atom. The summed E-state index contributed by atoms with van der Waals surface area (Å²) in [6, 6.07) is 13.9. The summed E-state index contributed by atoms with van der Waals surface area (Å²) >= 11 is 9.40. The molecule has 0 aliphatic heterocycles. The van der Waals surface area contributed by atoms with E-state index in [2.05, 4.69) is 20.9 Å². The number of rotatable bonds is 4. The molecule has 1 unspecified atom stereocenters. The number of pyridine rings is 1. The van der Waals surface area contributed by atoms with Gasteiger partial charge in [-0.25, -0.2) is 4.98 Å². The Labute approximate surface area is 133 Å². The van der Waals surface area contributed by atoms with Gasteiger partial charge in [-0.2, -0.15) is 0 Å². The molecule has 2 rings (SSSR count). The van der Waals surface area contributed by atoms with E-state index in [4.69, 9.17) is 17.3 Å². The number of benzene rings is 1. The van der Waals surface area contributed by atoms with Gasteiger partial charge in [0.1, 0.15) is 4.60 Å². The number of nitrogens with zero attached hydrogens (tertiary/aromatic N) is 1. The van der Waals surface area contributed by atoms with Gasteiger partial charge in [0.2, 0.25) is 0 Å². The first kappa shape index (κ1) is 15.5. The van der Waals surface area contributed by atoms with E-state index in [1.54, 1.807) is 0 Å². The summed E-state index contributed by atoms with van der Waals surface area (Å²) < 4.78 is 0.837. The second kappa shape index (κ2) is 6.25. The highest BCUT2D eigenvalue weighted by molar-refractivity contribution is 9.10. The fraction of sp³-hybridized carbons (Fsp3) is 0.312. The molecule has 0 saturated carbocycles. The average Bonchev–Trinajstić information content (AvgIpc) is 2.36. The van der Waals surface area contributed by atoms with Crippen LogP contribution in [0.2, 0.25) is 5.02 Å². The molecular weight excluding hydrogens is 336 g/mol. The van der Waals surface area contributed by atoms with Crippen LogP contribution in [0.25, 0.3) is 0 Å². The second-order valence-electron chi connectivity index (χ2n) is 5.68. The molecular formula is C16H18BrClN2. The molecule has 1 aromatic carbocycles. The number of hydrogen-bond acceptors (Lipinski definition) is 2. The average molecular weight is 354 g/mol. The largest absolute Gasteiger partial charge is 0.326 e. The second-order valence-corrected chi connectivity index (χ2v) is 6.93. The molecule has 2 N–H and O–H groups in total. The highest BCUT2D eigenvalue weighted by Gasteiger charge is 2.23. The number of hydrogen-bond donors (Lipinski definition) is 1. The fourth-order valence-electron chi connectivity index (χ4n) is 2.23. The van der Waals surface area contributed by atoms with E-state index in [1.807, 2.05) is 56.3 Å². The summed E-state index contributed by atoms with van der Waals surface area (Å²) in [6.45, 7) is 4.07. The van der Waals surface area contributed by atoms with E-state index < -0.39 is 0 Å². The lowest BCUT2D eigenvalue weighted by atomic mass is 9.84. The van der Waals surface area contributed by atoms with E-state index in [0.29, 0.717) is 0 Å². The SMILES string of the molecule is CC(C)(N)CC(c1ccc(Cl)cc1)c1cccc(Br)n1. The molecule has 1 atom stereocenters. The molecule has 0 aliphatic carbocycles. The van der Waals surface area contributed by atoms with Crippen molar-refractivity contribution in [1.82, 2.24) is 4.98 Å². The van der Waals surface area contributed by atoms with Gasteiger partial charge in [-0.05, 0) is 66.0 Å². The zero-order valence-electron chi connectivity index (χ0n) is 11.6. The molecule has 0 saturated heterocycles. The maximum absolute atomic E-state index is 6.21. The smallest absolute Gasteiger partial charge is 0.106 e. The summed E-state index contributed by atoms with van der Waals surface area (Å²) in [5, 5.41) is 0.738. The molecule has 2 nitrogen and oxygen atoms in total. The van der Waals surface area contributed by atoms with Crippen molar-refractivity contribution < 1.29 is 0 Å². The highest BCUT2D eigenvalue weighted by Crippen LogP contribution is 2.31. The maximum atomic E-state index is 6.21. The monoisotopic (exact) mass is 352 g/mol. The Kier molecular flexibility index (Phi) is 4.84. The number of nitrogens with two attached hydrogens (primary N) is 1. The summed E-state index contributed by atoms with van der Waals surface area (Å²) in [5.41, 5.74) is 8.14. The number of halogens is 2. The fourth-order valence-corrected chi connectivity index (χ4v) is 2.72. The van der Waals surface area contributed by atoms with Gasteiger partial charge in [-0.3, -0.25) is 0 Å². The van der Waals surface area contributed by atoms with Crippen LogP contribution >= 0.6 is 27.5 Å². The lowest BCUT2D eigenvalue weighted by Crippen LogP contribution is -2.34. The minimum absolute atomic E-state index is 0.157. The predicted molar refractivity (Wildman–Crippen MR) is 88.1 cm³/mol. The molecule has 0 spiro atoms. The van der Waals surface area contributed by atoms with Crippen LogP contribution in [-0.2, 0) is 0 Å². The van der Waals surface area contributed by atoms with Crippen LogP contribution in [-0.4, -0.2) is 10.5 Å². The first-order valence-corrected chi connectivity index (χ1v) is 7.69. The minimum Gasteiger partial charge on any atom is -0.326 e. The Bertz CT molecular complexity index is 576. The van der Waals surface area contributed by atoms with Crippen LogP contribution < -0.4 is 5.73 Å². The van der Waals surface area contributed by atoms with Gasteiger partial charge in [0.15, 0.2) is 0 Å². The van der Waals surface area contributed by atoms with Crippen LogP contribution in [0.1, 0.15) is 37.4 Å². The first-order valence-electron chi connectivity index (χ1n) is 6.52. The third-order valence-electron chi connectivity index (χ3n) is 3.10. The van der Waals surface area contributed by atoms with Gasteiger partial charge in [0.05, 0.1) is 0 Å². The van der Waals surface area contributed by atoms with Crippen molar-refractivity contribution in [3.05, 3.63) is 63.3 Å². The van der Waals surface area contributed by atoms with Crippen LogP contribution in [0, 0.1) is 0 Å². The molecule has 20 heavy (non-hydrogen) atoms. The van der Waals surface area contributed by atoms with E-state index in [0.717, 1.165) is 21.7 Å². The standard InChI is InChI=1S/C16H18BrClN2/c1-16(2,19)10-13(11-6-8-12(18)9-7-11)14-4-3-5-15(17)20-14/h3-9,13H,10,19H2,1-2H3. The first-order chi connectivity index (χ1) is 9.35. The third kappa shape index (κ3) is 4.30. The summed E-state index contributed by atoms with van der Waals surface area (Å²) in [6.07, 6.45) is 0.818. The molecule has 0 bridgehead atoms. The van der Waals surface area contributed by atoms with E-state index in [-0.39, 0.29) is 11.5 Å². The Morgan fingerprint density at radius 3 is 2.40 bits per heavy atom.